The quantitative estimate of drug-likeness (QED) is 0.643. The summed E-state index contributed by atoms with van der Waals surface area (Å²) < 4.78 is 4.67. The number of pyridine rings is 1. The molecule has 0 aliphatic heterocycles. The van der Waals surface area contributed by atoms with E-state index in [-0.39, 0.29) is 18.3 Å². The van der Waals surface area contributed by atoms with Crippen molar-refractivity contribution >= 4 is 11.6 Å². The molecule has 3 N–H and O–H groups in total. The zero-order valence-corrected chi connectivity index (χ0v) is 7.28. The van der Waals surface area contributed by atoms with Gasteiger partial charge in [-0.05, 0) is 12.1 Å². The van der Waals surface area contributed by atoms with Gasteiger partial charge in [0.25, 0.3) is 5.91 Å². The standard InChI is InChI=1S/C8H11N3O2/c1-13-5-11-8(12)7-6(9)3-2-4-10-7/h2-4H,5,9H2,1H3,(H,11,12). The van der Waals surface area contributed by atoms with Crippen LogP contribution in [0.15, 0.2) is 18.3 Å². The van der Waals surface area contributed by atoms with E-state index in [1.54, 1.807) is 12.1 Å². The number of anilines is 1. The monoisotopic (exact) mass is 181 g/mol. The van der Waals surface area contributed by atoms with Crippen LogP contribution in [-0.2, 0) is 4.74 Å². The normalized spacial score (nSPS) is 9.62. The largest absolute Gasteiger partial charge is 0.397 e. The van der Waals surface area contributed by atoms with Gasteiger partial charge >= 0.3 is 0 Å². The summed E-state index contributed by atoms with van der Waals surface area (Å²) in [5, 5.41) is 2.49. The highest BCUT2D eigenvalue weighted by Gasteiger charge is 2.08. The number of hydrogen-bond donors (Lipinski definition) is 2. The van der Waals surface area contributed by atoms with Gasteiger partial charge < -0.3 is 15.8 Å². The molecule has 5 nitrogen and oxygen atoms in total. The fourth-order valence-electron chi connectivity index (χ4n) is 0.829. The second-order valence-electron chi connectivity index (χ2n) is 2.38. The van der Waals surface area contributed by atoms with E-state index in [0.29, 0.717) is 5.69 Å². The van der Waals surface area contributed by atoms with Crippen LogP contribution in [0.2, 0.25) is 0 Å². The van der Waals surface area contributed by atoms with Crippen molar-refractivity contribution in [2.45, 2.75) is 0 Å². The maximum atomic E-state index is 11.3. The molecule has 70 valence electrons. The molecule has 5 heteroatoms. The molecule has 1 amide bonds. The average Bonchev–Trinajstić information content (AvgIpc) is 2.15. The number of nitrogen functional groups attached to an aromatic ring is 1. The third-order valence-electron chi connectivity index (χ3n) is 1.43. The van der Waals surface area contributed by atoms with Crippen molar-refractivity contribution in [2.24, 2.45) is 0 Å². The number of rotatable bonds is 3. The summed E-state index contributed by atoms with van der Waals surface area (Å²) in [6.07, 6.45) is 1.51. The number of amides is 1. The lowest BCUT2D eigenvalue weighted by Crippen LogP contribution is -2.27. The first-order valence-electron chi connectivity index (χ1n) is 3.73. The lowest BCUT2D eigenvalue weighted by Gasteiger charge is -2.04. The van der Waals surface area contributed by atoms with E-state index in [4.69, 9.17) is 5.73 Å². The summed E-state index contributed by atoms with van der Waals surface area (Å²) in [6, 6.07) is 3.29. The van der Waals surface area contributed by atoms with Crippen LogP contribution in [0.1, 0.15) is 10.5 Å². The zero-order valence-electron chi connectivity index (χ0n) is 7.28. The minimum Gasteiger partial charge on any atom is -0.397 e. The van der Waals surface area contributed by atoms with Gasteiger partial charge in [0.15, 0.2) is 5.69 Å². The Kier molecular flexibility index (Phi) is 3.22. The number of carbonyl (C=O) groups is 1. The van der Waals surface area contributed by atoms with Gasteiger partial charge in [-0.2, -0.15) is 0 Å². The van der Waals surface area contributed by atoms with Crippen molar-refractivity contribution in [1.82, 2.24) is 10.3 Å². The minimum atomic E-state index is -0.333. The van der Waals surface area contributed by atoms with Crippen molar-refractivity contribution in [3.63, 3.8) is 0 Å². The number of hydrogen-bond acceptors (Lipinski definition) is 4. The van der Waals surface area contributed by atoms with Gasteiger partial charge in [0.05, 0.1) is 5.69 Å². The summed E-state index contributed by atoms with van der Waals surface area (Å²) >= 11 is 0. The van der Waals surface area contributed by atoms with Gasteiger partial charge in [-0.25, -0.2) is 4.98 Å². The lowest BCUT2D eigenvalue weighted by molar-refractivity contribution is 0.0868. The number of nitrogens with one attached hydrogen (secondary N) is 1. The minimum absolute atomic E-state index is 0.148. The van der Waals surface area contributed by atoms with Crippen LogP contribution in [0, 0.1) is 0 Å². The lowest BCUT2D eigenvalue weighted by atomic mass is 10.3. The van der Waals surface area contributed by atoms with E-state index in [1.807, 2.05) is 0 Å². The topological polar surface area (TPSA) is 77.2 Å². The van der Waals surface area contributed by atoms with E-state index >= 15 is 0 Å². The highest BCUT2D eigenvalue weighted by atomic mass is 16.5. The molecule has 0 radical (unpaired) electrons. The molecule has 0 fully saturated rings. The highest BCUT2D eigenvalue weighted by molar-refractivity contribution is 5.96. The summed E-state index contributed by atoms with van der Waals surface area (Å²) in [7, 11) is 1.49. The number of methoxy groups -OCH3 is 1. The van der Waals surface area contributed by atoms with Crippen LogP contribution in [0.25, 0.3) is 0 Å². The van der Waals surface area contributed by atoms with Gasteiger partial charge in [0.2, 0.25) is 0 Å². The molecule has 0 saturated carbocycles. The van der Waals surface area contributed by atoms with Crippen LogP contribution in [0.4, 0.5) is 5.69 Å². The van der Waals surface area contributed by atoms with E-state index in [0.717, 1.165) is 0 Å². The van der Waals surface area contributed by atoms with Crippen molar-refractivity contribution in [3.8, 4) is 0 Å². The van der Waals surface area contributed by atoms with Crippen LogP contribution >= 0.6 is 0 Å². The number of nitrogens with zero attached hydrogens (tertiary/aromatic N) is 1. The molecule has 0 aromatic carbocycles. The van der Waals surface area contributed by atoms with Crippen LogP contribution in [0.5, 0.6) is 0 Å². The fraction of sp³-hybridized carbons (Fsp3) is 0.250. The molecule has 13 heavy (non-hydrogen) atoms. The van der Waals surface area contributed by atoms with E-state index in [1.165, 1.54) is 13.3 Å². The maximum Gasteiger partial charge on any atom is 0.273 e. The zero-order chi connectivity index (χ0) is 9.68. The smallest absolute Gasteiger partial charge is 0.273 e. The summed E-state index contributed by atoms with van der Waals surface area (Å²) in [5.74, 6) is -0.333. The van der Waals surface area contributed by atoms with Crippen LogP contribution in [-0.4, -0.2) is 24.7 Å². The Morgan fingerprint density at radius 1 is 1.77 bits per heavy atom. The van der Waals surface area contributed by atoms with Crippen molar-refractivity contribution < 1.29 is 9.53 Å². The third-order valence-corrected chi connectivity index (χ3v) is 1.43. The van der Waals surface area contributed by atoms with Crippen LogP contribution in [0.3, 0.4) is 0 Å². The van der Waals surface area contributed by atoms with Crippen LogP contribution < -0.4 is 11.1 Å². The molecule has 1 rings (SSSR count). The Morgan fingerprint density at radius 2 is 2.54 bits per heavy atom. The predicted molar refractivity (Wildman–Crippen MR) is 48.0 cm³/mol. The first kappa shape index (κ1) is 9.47. The molecule has 0 spiro atoms. The first-order chi connectivity index (χ1) is 6.25. The summed E-state index contributed by atoms with van der Waals surface area (Å²) in [5.41, 5.74) is 6.11. The van der Waals surface area contributed by atoms with E-state index in [2.05, 4.69) is 15.0 Å². The number of aromatic nitrogens is 1. The van der Waals surface area contributed by atoms with Crippen molar-refractivity contribution in [2.75, 3.05) is 19.6 Å². The molecule has 0 unspecified atom stereocenters. The summed E-state index contributed by atoms with van der Waals surface area (Å²) in [4.78, 5) is 15.1. The van der Waals surface area contributed by atoms with Gasteiger partial charge in [-0.3, -0.25) is 4.79 Å². The number of carbonyl (C=O) groups excluding carboxylic acids is 1. The maximum absolute atomic E-state index is 11.3. The average molecular weight is 181 g/mol. The molecule has 0 atom stereocenters. The van der Waals surface area contributed by atoms with Gasteiger partial charge in [0, 0.05) is 13.3 Å². The van der Waals surface area contributed by atoms with Gasteiger partial charge in [-0.1, -0.05) is 0 Å². The van der Waals surface area contributed by atoms with Crippen molar-refractivity contribution in [3.05, 3.63) is 24.0 Å². The predicted octanol–water partition coefficient (Wildman–Crippen LogP) is -0.00250. The van der Waals surface area contributed by atoms with Crippen molar-refractivity contribution in [1.29, 1.82) is 0 Å². The van der Waals surface area contributed by atoms with E-state index in [9.17, 15) is 4.79 Å². The van der Waals surface area contributed by atoms with E-state index < -0.39 is 0 Å². The number of nitrogens with two attached hydrogens (primary N) is 1. The fourth-order valence-corrected chi connectivity index (χ4v) is 0.829. The molecular formula is C8H11N3O2. The number of ether oxygens (including phenoxy) is 1. The van der Waals surface area contributed by atoms with Gasteiger partial charge in [0.1, 0.15) is 6.73 Å². The molecule has 0 saturated heterocycles. The Bertz CT molecular complexity index is 301. The summed E-state index contributed by atoms with van der Waals surface area (Å²) in [6.45, 7) is 0.148. The first-order valence-corrected chi connectivity index (χ1v) is 3.73. The second-order valence-corrected chi connectivity index (χ2v) is 2.38. The Balaban J connectivity index is 2.71. The molecule has 1 heterocycles. The molecule has 0 aliphatic rings. The SMILES string of the molecule is COCNC(=O)c1ncccc1N. The van der Waals surface area contributed by atoms with Gasteiger partial charge in [-0.15, -0.1) is 0 Å². The molecular weight excluding hydrogens is 170 g/mol. The third kappa shape index (κ3) is 2.41. The highest BCUT2D eigenvalue weighted by Crippen LogP contribution is 2.05. The second kappa shape index (κ2) is 4.42. The molecule has 0 bridgehead atoms. The molecule has 1 aromatic rings. The molecule has 1 aromatic heterocycles. The molecule has 0 aliphatic carbocycles. The Hall–Kier alpha value is -1.62. The Morgan fingerprint density at radius 3 is 3.15 bits per heavy atom. The Labute approximate surface area is 75.9 Å².